The molecule has 0 saturated carbocycles. The molecule has 1 amide bonds. The zero-order valence-electron chi connectivity index (χ0n) is 9.18. The first kappa shape index (κ1) is 12.9. The fourth-order valence-electron chi connectivity index (χ4n) is 1.53. The summed E-state index contributed by atoms with van der Waals surface area (Å²) in [6.45, 7) is 4.09. The van der Waals surface area contributed by atoms with Gasteiger partial charge in [-0.25, -0.2) is 0 Å². The second kappa shape index (κ2) is 7.13. The average molecular weight is 231 g/mol. The van der Waals surface area contributed by atoms with Crippen molar-refractivity contribution in [3.05, 3.63) is 10.1 Å². The third-order valence-electron chi connectivity index (χ3n) is 2.35. The summed E-state index contributed by atoms with van der Waals surface area (Å²) in [5.74, 6) is -0.521. The van der Waals surface area contributed by atoms with Gasteiger partial charge in [0.05, 0.1) is 13.2 Å². The van der Waals surface area contributed by atoms with Crippen LogP contribution in [0.4, 0.5) is 0 Å². The molecule has 1 fully saturated rings. The molecule has 0 aromatic rings. The molecule has 1 heterocycles. The van der Waals surface area contributed by atoms with Crippen LogP contribution in [0, 0.1) is 10.1 Å². The number of carbonyl (C=O) groups is 1. The summed E-state index contributed by atoms with van der Waals surface area (Å²) in [4.78, 5) is 22.6. The number of hydrogen-bond acceptors (Lipinski definition) is 5. The fourth-order valence-corrected chi connectivity index (χ4v) is 1.53. The van der Waals surface area contributed by atoms with Crippen LogP contribution >= 0.6 is 0 Å². The Hall–Kier alpha value is -1.21. The normalized spacial score (nSPS) is 17.0. The van der Waals surface area contributed by atoms with Crippen LogP contribution in [0.15, 0.2) is 0 Å². The summed E-state index contributed by atoms with van der Waals surface area (Å²) in [6.07, 6.45) is 0.809. The molecule has 0 unspecified atom stereocenters. The molecular formula is C9H17N3O4. The number of hydrogen-bond donors (Lipinski definition) is 1. The van der Waals surface area contributed by atoms with Gasteiger partial charge in [-0.3, -0.25) is 19.8 Å². The van der Waals surface area contributed by atoms with Crippen molar-refractivity contribution in [2.75, 3.05) is 45.9 Å². The highest BCUT2D eigenvalue weighted by Crippen LogP contribution is 1.97. The van der Waals surface area contributed by atoms with Crippen LogP contribution in [0.25, 0.3) is 0 Å². The van der Waals surface area contributed by atoms with Crippen molar-refractivity contribution in [3.63, 3.8) is 0 Å². The number of nitro groups is 1. The van der Waals surface area contributed by atoms with E-state index >= 15 is 0 Å². The summed E-state index contributed by atoms with van der Waals surface area (Å²) in [6, 6.07) is 0. The Kier molecular flexibility index (Phi) is 5.73. The number of ether oxygens (including phenoxy) is 1. The van der Waals surface area contributed by atoms with Crippen LogP contribution in [0.5, 0.6) is 0 Å². The lowest BCUT2D eigenvalue weighted by Crippen LogP contribution is -2.38. The predicted octanol–water partition coefficient (Wildman–Crippen LogP) is -0.898. The van der Waals surface area contributed by atoms with E-state index in [0.717, 1.165) is 39.3 Å². The largest absolute Gasteiger partial charge is 0.379 e. The van der Waals surface area contributed by atoms with Gasteiger partial charge in [-0.15, -0.1) is 0 Å². The Bertz CT molecular complexity index is 241. The standard InChI is InChI=1S/C9H17N3O4/c13-9(8-12(14)15)10-2-1-3-11-4-6-16-7-5-11/h1-8H2,(H,10,13). The minimum Gasteiger partial charge on any atom is -0.379 e. The van der Waals surface area contributed by atoms with Gasteiger partial charge in [-0.05, 0) is 13.0 Å². The second-order valence-corrected chi connectivity index (χ2v) is 3.65. The van der Waals surface area contributed by atoms with Crippen LogP contribution in [0.1, 0.15) is 6.42 Å². The number of rotatable bonds is 6. The lowest BCUT2D eigenvalue weighted by molar-refractivity contribution is -0.467. The Morgan fingerprint density at radius 1 is 1.44 bits per heavy atom. The van der Waals surface area contributed by atoms with Gasteiger partial charge in [0.1, 0.15) is 0 Å². The van der Waals surface area contributed by atoms with E-state index in [1.165, 1.54) is 0 Å². The Labute approximate surface area is 93.9 Å². The first-order chi connectivity index (χ1) is 7.68. The van der Waals surface area contributed by atoms with E-state index in [9.17, 15) is 14.9 Å². The Morgan fingerprint density at radius 3 is 2.75 bits per heavy atom. The van der Waals surface area contributed by atoms with E-state index in [1.807, 2.05) is 0 Å². The van der Waals surface area contributed by atoms with Crippen molar-refractivity contribution >= 4 is 5.91 Å². The van der Waals surface area contributed by atoms with Crippen molar-refractivity contribution in [1.29, 1.82) is 0 Å². The van der Waals surface area contributed by atoms with Crippen molar-refractivity contribution in [3.8, 4) is 0 Å². The van der Waals surface area contributed by atoms with E-state index in [4.69, 9.17) is 4.74 Å². The highest BCUT2D eigenvalue weighted by atomic mass is 16.6. The molecule has 92 valence electrons. The van der Waals surface area contributed by atoms with Gasteiger partial charge in [-0.2, -0.15) is 0 Å². The molecule has 0 aliphatic carbocycles. The molecule has 7 nitrogen and oxygen atoms in total. The van der Waals surface area contributed by atoms with Crippen LogP contribution < -0.4 is 5.32 Å². The molecule has 1 N–H and O–H groups in total. The minimum atomic E-state index is -0.641. The summed E-state index contributed by atoms with van der Waals surface area (Å²) < 4.78 is 5.20. The molecule has 16 heavy (non-hydrogen) atoms. The zero-order chi connectivity index (χ0) is 11.8. The molecule has 0 radical (unpaired) electrons. The average Bonchev–Trinajstić information content (AvgIpc) is 2.25. The van der Waals surface area contributed by atoms with Crippen molar-refractivity contribution in [1.82, 2.24) is 10.2 Å². The SMILES string of the molecule is O=C(C[N+](=O)[O-])NCCCN1CCOCC1. The van der Waals surface area contributed by atoms with Crippen molar-refractivity contribution < 1.29 is 14.5 Å². The van der Waals surface area contributed by atoms with Crippen LogP contribution in [-0.2, 0) is 9.53 Å². The number of nitrogens with one attached hydrogen (secondary N) is 1. The van der Waals surface area contributed by atoms with Crippen LogP contribution in [0.2, 0.25) is 0 Å². The molecule has 1 rings (SSSR count). The third kappa shape index (κ3) is 5.62. The number of amides is 1. The van der Waals surface area contributed by atoms with E-state index < -0.39 is 17.4 Å². The second-order valence-electron chi connectivity index (χ2n) is 3.65. The van der Waals surface area contributed by atoms with E-state index in [-0.39, 0.29) is 0 Å². The highest BCUT2D eigenvalue weighted by Gasteiger charge is 2.10. The van der Waals surface area contributed by atoms with Gasteiger partial charge in [-0.1, -0.05) is 0 Å². The molecule has 1 aliphatic rings. The number of morpholine rings is 1. The maximum absolute atomic E-state index is 10.9. The molecule has 0 bridgehead atoms. The monoisotopic (exact) mass is 231 g/mol. The minimum absolute atomic E-state index is 0.490. The fraction of sp³-hybridized carbons (Fsp3) is 0.889. The molecule has 0 atom stereocenters. The van der Waals surface area contributed by atoms with Crippen molar-refractivity contribution in [2.24, 2.45) is 0 Å². The van der Waals surface area contributed by atoms with E-state index in [2.05, 4.69) is 10.2 Å². The van der Waals surface area contributed by atoms with E-state index in [1.54, 1.807) is 0 Å². The molecule has 0 aromatic carbocycles. The van der Waals surface area contributed by atoms with Crippen molar-refractivity contribution in [2.45, 2.75) is 6.42 Å². The summed E-state index contributed by atoms with van der Waals surface area (Å²) in [5.41, 5.74) is 0. The maximum atomic E-state index is 10.9. The number of carbonyl (C=O) groups excluding carboxylic acids is 1. The van der Waals surface area contributed by atoms with Gasteiger partial charge in [0.2, 0.25) is 0 Å². The first-order valence-electron chi connectivity index (χ1n) is 5.37. The number of nitrogens with zero attached hydrogens (tertiary/aromatic N) is 2. The first-order valence-corrected chi connectivity index (χ1v) is 5.37. The quantitative estimate of drug-likeness (QED) is 0.364. The zero-order valence-corrected chi connectivity index (χ0v) is 9.18. The molecular weight excluding hydrogens is 214 g/mol. The summed E-state index contributed by atoms with van der Waals surface area (Å²) in [7, 11) is 0. The summed E-state index contributed by atoms with van der Waals surface area (Å²) >= 11 is 0. The van der Waals surface area contributed by atoms with E-state index in [0.29, 0.717) is 6.54 Å². The molecule has 0 aromatic heterocycles. The highest BCUT2D eigenvalue weighted by molar-refractivity contribution is 5.76. The molecule has 1 saturated heterocycles. The lowest BCUT2D eigenvalue weighted by atomic mass is 10.3. The smallest absolute Gasteiger partial charge is 0.291 e. The molecule has 1 aliphatic heterocycles. The Balaban J connectivity index is 1.98. The summed E-state index contributed by atoms with van der Waals surface area (Å²) in [5, 5.41) is 12.5. The topological polar surface area (TPSA) is 84.7 Å². The Morgan fingerprint density at radius 2 is 2.12 bits per heavy atom. The van der Waals surface area contributed by atoms with Gasteiger partial charge in [0, 0.05) is 24.6 Å². The lowest BCUT2D eigenvalue weighted by Gasteiger charge is -2.26. The molecule has 0 spiro atoms. The van der Waals surface area contributed by atoms with Crippen LogP contribution in [-0.4, -0.2) is 61.7 Å². The maximum Gasteiger partial charge on any atom is 0.291 e. The van der Waals surface area contributed by atoms with Gasteiger partial charge in [0.25, 0.3) is 12.5 Å². The molecule has 7 heteroatoms. The van der Waals surface area contributed by atoms with Crippen LogP contribution in [0.3, 0.4) is 0 Å². The van der Waals surface area contributed by atoms with Gasteiger partial charge < -0.3 is 10.1 Å². The van der Waals surface area contributed by atoms with Gasteiger partial charge >= 0.3 is 0 Å². The predicted molar refractivity (Wildman–Crippen MR) is 56.7 cm³/mol. The van der Waals surface area contributed by atoms with Gasteiger partial charge in [0.15, 0.2) is 0 Å². The third-order valence-corrected chi connectivity index (χ3v) is 2.35.